The molecule has 0 aliphatic carbocycles. The van der Waals surface area contributed by atoms with E-state index >= 15 is 0 Å². The maximum atomic E-state index is 13.5. The first kappa shape index (κ1) is 19.7. The number of ether oxygens (including phenoxy) is 2. The highest BCUT2D eigenvalue weighted by Crippen LogP contribution is 2.47. The minimum atomic E-state index is -1.16. The SMILES string of the molecule is CCOC(=O)C1C2c3ccccc3OC1(C)N=c1s/c(=C/c3cnn(C)c3C)c(=O)n12. The van der Waals surface area contributed by atoms with Crippen LogP contribution in [0.25, 0.3) is 6.08 Å². The van der Waals surface area contributed by atoms with Crippen molar-refractivity contribution in [1.29, 1.82) is 0 Å². The maximum Gasteiger partial charge on any atom is 0.317 e. The summed E-state index contributed by atoms with van der Waals surface area (Å²) in [5, 5.41) is 4.25. The third-order valence-corrected chi connectivity index (χ3v) is 6.96. The molecule has 0 spiro atoms. The number of carbonyl (C=O) groups is 1. The monoisotopic (exact) mass is 438 g/mol. The molecule has 2 bridgehead atoms. The van der Waals surface area contributed by atoms with Crippen LogP contribution in [0, 0.1) is 12.8 Å². The van der Waals surface area contributed by atoms with E-state index in [4.69, 9.17) is 14.5 Å². The quantitative estimate of drug-likeness (QED) is 0.575. The van der Waals surface area contributed by atoms with Gasteiger partial charge < -0.3 is 9.47 Å². The molecule has 160 valence electrons. The number of aryl methyl sites for hydroxylation is 1. The number of rotatable bonds is 3. The van der Waals surface area contributed by atoms with E-state index in [9.17, 15) is 9.59 Å². The minimum Gasteiger partial charge on any atom is -0.466 e. The number of nitrogens with zero attached hydrogens (tertiary/aromatic N) is 4. The van der Waals surface area contributed by atoms with Gasteiger partial charge in [0.15, 0.2) is 4.80 Å². The summed E-state index contributed by atoms with van der Waals surface area (Å²) in [7, 11) is 1.86. The molecule has 3 aromatic rings. The van der Waals surface area contributed by atoms with E-state index in [1.807, 2.05) is 44.3 Å². The molecule has 2 aliphatic rings. The third kappa shape index (κ3) is 2.87. The summed E-state index contributed by atoms with van der Waals surface area (Å²) < 4.78 is 15.5. The summed E-state index contributed by atoms with van der Waals surface area (Å²) in [5.74, 6) is -0.572. The zero-order chi connectivity index (χ0) is 21.9. The maximum absolute atomic E-state index is 13.5. The Bertz CT molecular complexity index is 1390. The first-order chi connectivity index (χ1) is 14.8. The molecule has 5 rings (SSSR count). The van der Waals surface area contributed by atoms with Crippen LogP contribution < -0.4 is 19.6 Å². The molecule has 0 fully saturated rings. The van der Waals surface area contributed by atoms with Gasteiger partial charge in [-0.2, -0.15) is 5.10 Å². The second-order valence-electron chi connectivity index (χ2n) is 7.86. The molecule has 9 heteroatoms. The Balaban J connectivity index is 1.79. The molecule has 0 radical (unpaired) electrons. The molecule has 2 aromatic heterocycles. The molecule has 1 aromatic carbocycles. The normalized spacial score (nSPS) is 24.1. The molecule has 0 N–H and O–H groups in total. The fraction of sp³-hybridized carbons (Fsp3) is 0.364. The standard InChI is InChI=1S/C22H22N4O4S/c1-5-29-20(28)17-18-14-8-6-7-9-15(14)30-22(17,3)24-21-26(18)19(27)16(31-21)10-13-11-23-25(4)12(13)2/h6-11,17-18H,5H2,1-4H3/b16-10+. The number of esters is 1. The van der Waals surface area contributed by atoms with Crippen LogP contribution in [-0.4, -0.2) is 32.6 Å². The number of hydrogen-bond donors (Lipinski definition) is 0. The van der Waals surface area contributed by atoms with Gasteiger partial charge >= 0.3 is 5.97 Å². The van der Waals surface area contributed by atoms with Crippen molar-refractivity contribution >= 4 is 23.4 Å². The number of hydrogen-bond acceptors (Lipinski definition) is 7. The van der Waals surface area contributed by atoms with E-state index in [0.717, 1.165) is 16.8 Å². The fourth-order valence-corrected chi connectivity index (χ4v) is 5.42. The van der Waals surface area contributed by atoms with Crippen molar-refractivity contribution in [3.8, 4) is 5.75 Å². The van der Waals surface area contributed by atoms with Crippen molar-refractivity contribution in [2.75, 3.05) is 6.61 Å². The highest BCUT2D eigenvalue weighted by atomic mass is 32.1. The zero-order valence-corrected chi connectivity index (χ0v) is 18.5. The summed E-state index contributed by atoms with van der Waals surface area (Å²) in [6, 6.07) is 6.92. The van der Waals surface area contributed by atoms with Gasteiger partial charge in [0.25, 0.3) is 5.56 Å². The summed E-state index contributed by atoms with van der Waals surface area (Å²) >= 11 is 1.29. The predicted octanol–water partition coefficient (Wildman–Crippen LogP) is 1.29. The molecule has 3 unspecified atom stereocenters. The average molecular weight is 439 g/mol. The first-order valence-electron chi connectivity index (χ1n) is 10.1. The van der Waals surface area contributed by atoms with Crippen LogP contribution in [-0.2, 0) is 16.6 Å². The smallest absolute Gasteiger partial charge is 0.317 e. The van der Waals surface area contributed by atoms with Crippen LogP contribution in [0.15, 0.2) is 40.2 Å². The van der Waals surface area contributed by atoms with E-state index < -0.39 is 23.7 Å². The number of aromatic nitrogens is 3. The van der Waals surface area contributed by atoms with Gasteiger partial charge in [-0.05, 0) is 32.9 Å². The lowest BCUT2D eigenvalue weighted by atomic mass is 9.81. The topological polar surface area (TPSA) is 87.7 Å². The summed E-state index contributed by atoms with van der Waals surface area (Å²) in [6.07, 6.45) is 3.56. The Morgan fingerprint density at radius 3 is 2.87 bits per heavy atom. The number of thiazole rings is 1. The van der Waals surface area contributed by atoms with Crippen molar-refractivity contribution < 1.29 is 14.3 Å². The predicted molar refractivity (Wildman–Crippen MR) is 115 cm³/mol. The van der Waals surface area contributed by atoms with Gasteiger partial charge in [-0.1, -0.05) is 29.5 Å². The zero-order valence-electron chi connectivity index (χ0n) is 17.7. The summed E-state index contributed by atoms with van der Waals surface area (Å²) in [6.45, 7) is 5.73. The number of para-hydroxylation sites is 1. The molecular weight excluding hydrogens is 416 g/mol. The van der Waals surface area contributed by atoms with Crippen LogP contribution in [0.5, 0.6) is 5.75 Å². The highest BCUT2D eigenvalue weighted by Gasteiger charge is 2.55. The Hall–Kier alpha value is -3.20. The molecular formula is C22H22N4O4S. The first-order valence-corrected chi connectivity index (χ1v) is 10.9. The average Bonchev–Trinajstić information content (AvgIpc) is 3.20. The molecule has 4 heterocycles. The number of benzene rings is 1. The van der Waals surface area contributed by atoms with Crippen molar-refractivity contribution in [3.05, 3.63) is 67.0 Å². The van der Waals surface area contributed by atoms with Gasteiger partial charge in [0, 0.05) is 23.9 Å². The van der Waals surface area contributed by atoms with E-state index in [1.165, 1.54) is 11.3 Å². The van der Waals surface area contributed by atoms with Crippen molar-refractivity contribution in [3.63, 3.8) is 0 Å². The van der Waals surface area contributed by atoms with Crippen molar-refractivity contribution in [2.45, 2.75) is 32.5 Å². The molecule has 2 aliphatic heterocycles. The molecule has 0 saturated carbocycles. The Kier molecular flexibility index (Phi) is 4.40. The van der Waals surface area contributed by atoms with E-state index in [-0.39, 0.29) is 12.2 Å². The largest absolute Gasteiger partial charge is 0.466 e. The Labute approximate surface area is 182 Å². The molecule has 0 saturated heterocycles. The van der Waals surface area contributed by atoms with E-state index in [1.54, 1.807) is 29.3 Å². The minimum absolute atomic E-state index is 0.190. The second kappa shape index (κ2) is 6.91. The Morgan fingerprint density at radius 2 is 2.16 bits per heavy atom. The summed E-state index contributed by atoms with van der Waals surface area (Å²) in [5.41, 5.74) is 1.25. The molecule has 8 nitrogen and oxygen atoms in total. The lowest BCUT2D eigenvalue weighted by molar-refractivity contribution is -0.160. The van der Waals surface area contributed by atoms with Crippen LogP contribution in [0.1, 0.15) is 36.7 Å². The lowest BCUT2D eigenvalue weighted by Crippen LogP contribution is -2.58. The third-order valence-electron chi connectivity index (χ3n) is 5.98. The van der Waals surface area contributed by atoms with Crippen LogP contribution in [0.2, 0.25) is 0 Å². The van der Waals surface area contributed by atoms with E-state index in [2.05, 4.69) is 5.10 Å². The second-order valence-corrected chi connectivity index (χ2v) is 8.87. The van der Waals surface area contributed by atoms with Gasteiger partial charge in [-0.25, -0.2) is 4.99 Å². The molecule has 3 atom stereocenters. The van der Waals surface area contributed by atoms with Gasteiger partial charge in [0.05, 0.1) is 23.4 Å². The van der Waals surface area contributed by atoms with Crippen molar-refractivity contribution in [2.24, 2.45) is 18.0 Å². The van der Waals surface area contributed by atoms with Crippen molar-refractivity contribution in [1.82, 2.24) is 14.3 Å². The molecule has 0 amide bonds. The number of carbonyl (C=O) groups excluding carboxylic acids is 1. The Morgan fingerprint density at radius 1 is 1.39 bits per heavy atom. The van der Waals surface area contributed by atoms with Gasteiger partial charge in [-0.3, -0.25) is 18.8 Å². The van der Waals surface area contributed by atoms with E-state index in [0.29, 0.717) is 15.1 Å². The highest BCUT2D eigenvalue weighted by molar-refractivity contribution is 7.07. The summed E-state index contributed by atoms with van der Waals surface area (Å²) in [4.78, 5) is 31.8. The van der Waals surface area contributed by atoms with Crippen LogP contribution in [0.3, 0.4) is 0 Å². The van der Waals surface area contributed by atoms with Crippen LogP contribution in [0.4, 0.5) is 0 Å². The van der Waals surface area contributed by atoms with Gasteiger partial charge in [0.1, 0.15) is 11.7 Å². The van der Waals surface area contributed by atoms with Crippen LogP contribution >= 0.6 is 11.3 Å². The molecule has 31 heavy (non-hydrogen) atoms. The lowest BCUT2D eigenvalue weighted by Gasteiger charge is -2.44. The fourth-order valence-electron chi connectivity index (χ4n) is 4.33. The van der Waals surface area contributed by atoms with Gasteiger partial charge in [0.2, 0.25) is 5.72 Å². The van der Waals surface area contributed by atoms with Gasteiger partial charge in [-0.15, -0.1) is 0 Å². The number of fused-ring (bicyclic) bond motifs is 6.